The number of hydrogen-bond donors (Lipinski definition) is 2. The number of hydrazone groups is 1. The third kappa shape index (κ3) is 4.70. The number of rotatable bonds is 5. The number of anilines is 1. The number of hydrogen-bond acceptors (Lipinski definition) is 3. The second kappa shape index (κ2) is 7.36. The van der Waals surface area contributed by atoms with Crippen LogP contribution in [0.25, 0.3) is 0 Å². The summed E-state index contributed by atoms with van der Waals surface area (Å²) in [4.78, 5) is 11.7. The van der Waals surface area contributed by atoms with Gasteiger partial charge in [0.1, 0.15) is 5.82 Å². The summed E-state index contributed by atoms with van der Waals surface area (Å²) in [6, 6.07) is 13.8. The molecule has 114 valence electrons. The zero-order valence-corrected chi connectivity index (χ0v) is 12.6. The standard InChI is InChI=1S/C17H18FN3O/c1-12-6-8-16(9-7-12)19-11-17(22)21-20-13(2)14-4-3-5-15(18)10-14/h3-10,19H,11H2,1-2H3,(H,21,22)/b20-13+. The van der Waals surface area contributed by atoms with Crippen molar-refractivity contribution in [3.05, 3.63) is 65.5 Å². The number of nitrogens with zero attached hydrogens (tertiary/aromatic N) is 1. The molecule has 2 aromatic rings. The number of halogens is 1. The maximum atomic E-state index is 13.1. The predicted octanol–water partition coefficient (Wildman–Crippen LogP) is 3.09. The molecular weight excluding hydrogens is 281 g/mol. The molecular formula is C17H18FN3O. The van der Waals surface area contributed by atoms with E-state index in [0.29, 0.717) is 11.3 Å². The van der Waals surface area contributed by atoms with Gasteiger partial charge in [0.2, 0.25) is 0 Å². The fourth-order valence-electron chi connectivity index (χ4n) is 1.82. The molecule has 0 aromatic heterocycles. The maximum absolute atomic E-state index is 13.1. The van der Waals surface area contributed by atoms with Crippen molar-refractivity contribution >= 4 is 17.3 Å². The van der Waals surface area contributed by atoms with Crippen molar-refractivity contribution in [1.82, 2.24) is 5.43 Å². The van der Waals surface area contributed by atoms with Gasteiger partial charge in [-0.2, -0.15) is 5.10 Å². The maximum Gasteiger partial charge on any atom is 0.259 e. The second-order valence-electron chi connectivity index (χ2n) is 4.96. The highest BCUT2D eigenvalue weighted by molar-refractivity contribution is 5.99. The lowest BCUT2D eigenvalue weighted by Crippen LogP contribution is -2.26. The Morgan fingerprint density at radius 1 is 1.18 bits per heavy atom. The van der Waals surface area contributed by atoms with Gasteiger partial charge < -0.3 is 5.32 Å². The van der Waals surface area contributed by atoms with Crippen LogP contribution in [0.2, 0.25) is 0 Å². The highest BCUT2D eigenvalue weighted by atomic mass is 19.1. The lowest BCUT2D eigenvalue weighted by Gasteiger charge is -2.06. The van der Waals surface area contributed by atoms with E-state index < -0.39 is 0 Å². The van der Waals surface area contributed by atoms with Gasteiger partial charge in [-0.05, 0) is 38.1 Å². The first-order chi connectivity index (χ1) is 10.5. The summed E-state index contributed by atoms with van der Waals surface area (Å²) in [7, 11) is 0. The second-order valence-corrected chi connectivity index (χ2v) is 4.96. The molecule has 2 N–H and O–H groups in total. The summed E-state index contributed by atoms with van der Waals surface area (Å²) in [5.41, 5.74) is 5.65. The van der Waals surface area contributed by atoms with Gasteiger partial charge in [0.25, 0.3) is 5.91 Å². The molecule has 0 atom stereocenters. The summed E-state index contributed by atoms with van der Waals surface area (Å²) >= 11 is 0. The SMILES string of the molecule is C/C(=N\NC(=O)CNc1ccc(C)cc1)c1cccc(F)c1. The third-order valence-electron chi connectivity index (χ3n) is 3.10. The zero-order chi connectivity index (χ0) is 15.9. The molecule has 0 radical (unpaired) electrons. The Hall–Kier alpha value is -2.69. The highest BCUT2D eigenvalue weighted by Crippen LogP contribution is 2.08. The number of benzene rings is 2. The van der Waals surface area contributed by atoms with E-state index >= 15 is 0 Å². The van der Waals surface area contributed by atoms with Crippen LogP contribution in [-0.2, 0) is 4.79 Å². The van der Waals surface area contributed by atoms with Gasteiger partial charge in [-0.15, -0.1) is 0 Å². The molecule has 0 saturated heterocycles. The highest BCUT2D eigenvalue weighted by Gasteiger charge is 2.02. The summed E-state index contributed by atoms with van der Waals surface area (Å²) in [6.07, 6.45) is 0. The van der Waals surface area contributed by atoms with E-state index in [0.717, 1.165) is 11.3 Å². The third-order valence-corrected chi connectivity index (χ3v) is 3.10. The monoisotopic (exact) mass is 299 g/mol. The van der Waals surface area contributed by atoms with Crippen LogP contribution in [0.3, 0.4) is 0 Å². The summed E-state index contributed by atoms with van der Waals surface area (Å²) < 4.78 is 13.1. The molecule has 0 saturated carbocycles. The molecule has 22 heavy (non-hydrogen) atoms. The molecule has 0 bridgehead atoms. The minimum absolute atomic E-state index is 0.114. The Morgan fingerprint density at radius 2 is 1.91 bits per heavy atom. The van der Waals surface area contributed by atoms with E-state index in [9.17, 15) is 9.18 Å². The summed E-state index contributed by atoms with van der Waals surface area (Å²) in [6.45, 7) is 3.83. The van der Waals surface area contributed by atoms with Crippen molar-refractivity contribution in [3.8, 4) is 0 Å². The van der Waals surface area contributed by atoms with Gasteiger partial charge in [-0.25, -0.2) is 9.82 Å². The molecule has 0 fully saturated rings. The van der Waals surface area contributed by atoms with Crippen LogP contribution in [0.4, 0.5) is 10.1 Å². The van der Waals surface area contributed by atoms with E-state index in [1.807, 2.05) is 31.2 Å². The number of aryl methyl sites for hydroxylation is 1. The molecule has 4 nitrogen and oxygen atoms in total. The molecule has 0 spiro atoms. The van der Waals surface area contributed by atoms with Crippen LogP contribution in [0.15, 0.2) is 53.6 Å². The topological polar surface area (TPSA) is 53.5 Å². The first kappa shape index (κ1) is 15.7. The average molecular weight is 299 g/mol. The molecule has 2 rings (SSSR count). The van der Waals surface area contributed by atoms with Gasteiger partial charge in [0.15, 0.2) is 0 Å². The largest absolute Gasteiger partial charge is 0.376 e. The molecule has 0 aliphatic rings. The molecule has 1 amide bonds. The van der Waals surface area contributed by atoms with E-state index in [-0.39, 0.29) is 18.3 Å². The van der Waals surface area contributed by atoms with Gasteiger partial charge in [-0.1, -0.05) is 29.8 Å². The number of nitrogens with one attached hydrogen (secondary N) is 2. The lowest BCUT2D eigenvalue weighted by molar-refractivity contribution is -0.119. The van der Waals surface area contributed by atoms with E-state index in [1.165, 1.54) is 12.1 Å². The van der Waals surface area contributed by atoms with Crippen LogP contribution >= 0.6 is 0 Å². The van der Waals surface area contributed by atoms with Crippen molar-refractivity contribution in [2.24, 2.45) is 5.10 Å². The molecule has 0 aliphatic heterocycles. The summed E-state index contributed by atoms with van der Waals surface area (Å²) in [5.74, 6) is -0.601. The number of amides is 1. The van der Waals surface area contributed by atoms with Crippen molar-refractivity contribution in [3.63, 3.8) is 0 Å². The zero-order valence-electron chi connectivity index (χ0n) is 12.6. The van der Waals surface area contributed by atoms with E-state index in [2.05, 4.69) is 15.8 Å². The quantitative estimate of drug-likeness (QED) is 0.658. The van der Waals surface area contributed by atoms with Crippen molar-refractivity contribution in [2.75, 3.05) is 11.9 Å². The van der Waals surface area contributed by atoms with Gasteiger partial charge in [-0.3, -0.25) is 4.79 Å². The van der Waals surface area contributed by atoms with Crippen LogP contribution in [0.5, 0.6) is 0 Å². The normalized spacial score (nSPS) is 11.1. The first-order valence-corrected chi connectivity index (χ1v) is 6.94. The van der Waals surface area contributed by atoms with E-state index in [1.54, 1.807) is 19.1 Å². The van der Waals surface area contributed by atoms with Gasteiger partial charge >= 0.3 is 0 Å². The Labute approximate surface area is 129 Å². The Morgan fingerprint density at radius 3 is 2.59 bits per heavy atom. The molecule has 0 heterocycles. The number of carbonyl (C=O) groups excluding carboxylic acids is 1. The van der Waals surface area contributed by atoms with E-state index in [4.69, 9.17) is 0 Å². The fourth-order valence-corrected chi connectivity index (χ4v) is 1.82. The fraction of sp³-hybridized carbons (Fsp3) is 0.176. The molecule has 0 unspecified atom stereocenters. The molecule has 0 aliphatic carbocycles. The molecule has 2 aromatic carbocycles. The van der Waals surface area contributed by atoms with Crippen molar-refractivity contribution in [1.29, 1.82) is 0 Å². The van der Waals surface area contributed by atoms with Gasteiger partial charge in [0, 0.05) is 11.3 Å². The average Bonchev–Trinajstić information content (AvgIpc) is 2.52. The van der Waals surface area contributed by atoms with Crippen molar-refractivity contribution < 1.29 is 9.18 Å². The lowest BCUT2D eigenvalue weighted by atomic mass is 10.1. The Bertz CT molecular complexity index is 681. The minimum Gasteiger partial charge on any atom is -0.376 e. The van der Waals surface area contributed by atoms with Crippen LogP contribution in [0, 0.1) is 12.7 Å². The minimum atomic E-state index is -0.334. The molecule has 5 heteroatoms. The smallest absolute Gasteiger partial charge is 0.259 e. The van der Waals surface area contributed by atoms with Crippen LogP contribution < -0.4 is 10.7 Å². The predicted molar refractivity (Wildman–Crippen MR) is 86.4 cm³/mol. The Kier molecular flexibility index (Phi) is 5.25. The summed E-state index contributed by atoms with van der Waals surface area (Å²) in [5, 5.41) is 6.98. The van der Waals surface area contributed by atoms with Crippen LogP contribution in [-0.4, -0.2) is 18.2 Å². The van der Waals surface area contributed by atoms with Crippen molar-refractivity contribution in [2.45, 2.75) is 13.8 Å². The Balaban J connectivity index is 1.86. The number of carbonyl (C=O) groups is 1. The van der Waals surface area contributed by atoms with Crippen LogP contribution in [0.1, 0.15) is 18.1 Å². The first-order valence-electron chi connectivity index (χ1n) is 6.94. The van der Waals surface area contributed by atoms with Gasteiger partial charge in [0.05, 0.1) is 12.3 Å².